The van der Waals surface area contributed by atoms with Gasteiger partial charge in [-0.25, -0.2) is 0 Å². The van der Waals surface area contributed by atoms with Crippen LogP contribution >= 0.6 is 15.9 Å². The number of benzene rings is 1. The molecule has 0 aliphatic rings. The largest absolute Gasteiger partial charge is 0.370 e. The molecule has 1 rings (SSSR count). The van der Waals surface area contributed by atoms with Crippen LogP contribution in [0.4, 0.5) is 0 Å². The van der Waals surface area contributed by atoms with Gasteiger partial charge in [-0.1, -0.05) is 28.1 Å². The van der Waals surface area contributed by atoms with Crippen molar-refractivity contribution in [3.05, 3.63) is 35.4 Å². The van der Waals surface area contributed by atoms with Gasteiger partial charge < -0.3 is 11.1 Å². The second kappa shape index (κ2) is 7.06. The van der Waals surface area contributed by atoms with Crippen LogP contribution in [0.15, 0.2) is 24.3 Å². The molecule has 0 unspecified atom stereocenters. The van der Waals surface area contributed by atoms with Gasteiger partial charge in [-0.15, -0.1) is 0 Å². The second-order valence-corrected chi connectivity index (χ2v) is 4.22. The van der Waals surface area contributed by atoms with Crippen molar-refractivity contribution in [1.82, 2.24) is 5.32 Å². The molecule has 0 aliphatic carbocycles. The van der Waals surface area contributed by atoms with Crippen LogP contribution in [-0.4, -0.2) is 18.4 Å². The molecule has 1 aromatic carbocycles. The molecule has 0 spiro atoms. The Morgan fingerprint density at radius 2 is 1.88 bits per heavy atom. The predicted octanol–water partition coefficient (Wildman–Crippen LogP) is 1.58. The van der Waals surface area contributed by atoms with Crippen LogP contribution in [0, 0.1) is 0 Å². The maximum absolute atomic E-state index is 11.6. The number of alkyl halides is 1. The van der Waals surface area contributed by atoms with Gasteiger partial charge in [0.25, 0.3) is 5.91 Å². The van der Waals surface area contributed by atoms with Crippen LogP contribution in [0.25, 0.3) is 0 Å². The molecular weight excluding hydrogens is 284 g/mol. The number of rotatable bonds is 6. The van der Waals surface area contributed by atoms with Crippen LogP contribution in [0.2, 0.25) is 0 Å². The maximum atomic E-state index is 11.6. The molecule has 0 aromatic heterocycles. The molecule has 1 aromatic rings. The average Bonchev–Trinajstić information content (AvgIpc) is 2.34. The molecule has 0 fully saturated rings. The fourth-order valence-electron chi connectivity index (χ4n) is 1.31. The predicted molar refractivity (Wildman–Crippen MR) is 69.8 cm³/mol. The maximum Gasteiger partial charge on any atom is 0.251 e. The van der Waals surface area contributed by atoms with Gasteiger partial charge in [-0.3, -0.25) is 9.59 Å². The highest BCUT2D eigenvalue weighted by molar-refractivity contribution is 9.08. The third kappa shape index (κ3) is 4.99. The van der Waals surface area contributed by atoms with E-state index >= 15 is 0 Å². The number of carbonyl (C=O) groups is 2. The van der Waals surface area contributed by atoms with Crippen molar-refractivity contribution < 1.29 is 9.59 Å². The lowest BCUT2D eigenvalue weighted by molar-refractivity contribution is -0.118. The Labute approximate surface area is 109 Å². The third-order valence-electron chi connectivity index (χ3n) is 2.26. The first-order valence-electron chi connectivity index (χ1n) is 5.35. The zero-order valence-electron chi connectivity index (χ0n) is 9.41. The first-order valence-corrected chi connectivity index (χ1v) is 6.47. The molecule has 0 radical (unpaired) electrons. The SMILES string of the molecule is NC(=O)CCCNC(=O)c1ccc(CBr)cc1. The summed E-state index contributed by atoms with van der Waals surface area (Å²) in [6.45, 7) is 0.460. The van der Waals surface area contributed by atoms with E-state index < -0.39 is 0 Å². The van der Waals surface area contributed by atoms with E-state index in [-0.39, 0.29) is 11.8 Å². The Morgan fingerprint density at radius 1 is 1.24 bits per heavy atom. The zero-order valence-corrected chi connectivity index (χ0v) is 11.0. The third-order valence-corrected chi connectivity index (χ3v) is 2.90. The van der Waals surface area contributed by atoms with E-state index in [9.17, 15) is 9.59 Å². The van der Waals surface area contributed by atoms with Crippen LogP contribution in [0.5, 0.6) is 0 Å². The van der Waals surface area contributed by atoms with Crippen molar-refractivity contribution >= 4 is 27.7 Å². The Kier molecular flexibility index (Phi) is 5.69. The van der Waals surface area contributed by atoms with Crippen LogP contribution < -0.4 is 11.1 Å². The summed E-state index contributed by atoms with van der Waals surface area (Å²) in [6.07, 6.45) is 0.864. The summed E-state index contributed by atoms with van der Waals surface area (Å²) >= 11 is 3.34. The van der Waals surface area contributed by atoms with Gasteiger partial charge in [0, 0.05) is 23.9 Å². The summed E-state index contributed by atoms with van der Waals surface area (Å²) in [5.74, 6) is -0.475. The zero-order chi connectivity index (χ0) is 12.7. The molecule has 3 N–H and O–H groups in total. The monoisotopic (exact) mass is 298 g/mol. The number of primary amides is 1. The normalized spacial score (nSPS) is 9.94. The van der Waals surface area contributed by atoms with Crippen molar-refractivity contribution in [3.8, 4) is 0 Å². The number of carbonyl (C=O) groups excluding carboxylic acids is 2. The molecule has 2 amide bonds. The first kappa shape index (κ1) is 13.7. The number of nitrogens with two attached hydrogens (primary N) is 1. The van der Waals surface area contributed by atoms with Gasteiger partial charge in [0.15, 0.2) is 0 Å². The fourth-order valence-corrected chi connectivity index (χ4v) is 1.69. The van der Waals surface area contributed by atoms with Crippen LogP contribution in [0.1, 0.15) is 28.8 Å². The van der Waals surface area contributed by atoms with E-state index in [4.69, 9.17) is 5.73 Å². The minimum absolute atomic E-state index is 0.129. The van der Waals surface area contributed by atoms with Crippen molar-refractivity contribution in [1.29, 1.82) is 0 Å². The standard InChI is InChI=1S/C12H15BrN2O2/c13-8-9-3-5-10(6-4-9)12(17)15-7-1-2-11(14)16/h3-6H,1-2,7-8H2,(H2,14,16)(H,15,17). The molecule has 17 heavy (non-hydrogen) atoms. The molecule has 0 bridgehead atoms. The highest BCUT2D eigenvalue weighted by Gasteiger charge is 2.04. The number of amides is 2. The lowest BCUT2D eigenvalue weighted by atomic mass is 10.1. The van der Waals surface area contributed by atoms with Gasteiger partial charge in [0.2, 0.25) is 5.91 Å². The lowest BCUT2D eigenvalue weighted by Crippen LogP contribution is -2.25. The van der Waals surface area contributed by atoms with E-state index in [0.717, 1.165) is 10.9 Å². The quantitative estimate of drug-likeness (QED) is 0.618. The Hall–Kier alpha value is -1.36. The highest BCUT2D eigenvalue weighted by Crippen LogP contribution is 2.07. The Bertz CT molecular complexity index is 390. The molecule has 0 saturated carbocycles. The average molecular weight is 299 g/mol. The van der Waals surface area contributed by atoms with Crippen molar-refractivity contribution in [2.45, 2.75) is 18.2 Å². The number of nitrogens with one attached hydrogen (secondary N) is 1. The van der Waals surface area contributed by atoms with Crippen molar-refractivity contribution in [3.63, 3.8) is 0 Å². The number of hydrogen-bond donors (Lipinski definition) is 2. The molecule has 4 nitrogen and oxygen atoms in total. The van der Waals surface area contributed by atoms with E-state index in [0.29, 0.717) is 24.9 Å². The molecular formula is C12H15BrN2O2. The summed E-state index contributed by atoms with van der Waals surface area (Å²) in [7, 11) is 0. The molecule has 5 heteroatoms. The van der Waals surface area contributed by atoms with Gasteiger partial charge in [-0.2, -0.15) is 0 Å². The van der Waals surface area contributed by atoms with E-state index in [1.807, 2.05) is 12.1 Å². The van der Waals surface area contributed by atoms with Gasteiger partial charge in [-0.05, 0) is 24.1 Å². The van der Waals surface area contributed by atoms with E-state index in [1.54, 1.807) is 12.1 Å². The summed E-state index contributed by atoms with van der Waals surface area (Å²) < 4.78 is 0. The Balaban J connectivity index is 2.38. The smallest absolute Gasteiger partial charge is 0.251 e. The molecule has 92 valence electrons. The van der Waals surface area contributed by atoms with E-state index in [2.05, 4.69) is 21.2 Å². The summed E-state index contributed by atoms with van der Waals surface area (Å²) in [5, 5.41) is 3.50. The Morgan fingerprint density at radius 3 is 2.41 bits per heavy atom. The molecule has 0 atom stereocenters. The van der Waals surface area contributed by atoms with Gasteiger partial charge >= 0.3 is 0 Å². The van der Waals surface area contributed by atoms with Crippen molar-refractivity contribution in [2.24, 2.45) is 5.73 Å². The first-order chi connectivity index (χ1) is 8.13. The van der Waals surface area contributed by atoms with Gasteiger partial charge in [0.05, 0.1) is 0 Å². The van der Waals surface area contributed by atoms with Gasteiger partial charge in [0.1, 0.15) is 0 Å². The molecule has 0 saturated heterocycles. The number of halogens is 1. The minimum Gasteiger partial charge on any atom is -0.370 e. The van der Waals surface area contributed by atoms with Crippen LogP contribution in [-0.2, 0) is 10.1 Å². The summed E-state index contributed by atoms with van der Waals surface area (Å²) in [4.78, 5) is 22.1. The molecule has 0 heterocycles. The topological polar surface area (TPSA) is 72.2 Å². The van der Waals surface area contributed by atoms with Crippen LogP contribution in [0.3, 0.4) is 0 Å². The fraction of sp³-hybridized carbons (Fsp3) is 0.333. The minimum atomic E-state index is -0.346. The lowest BCUT2D eigenvalue weighted by Gasteiger charge is -2.04. The van der Waals surface area contributed by atoms with Crippen molar-refractivity contribution in [2.75, 3.05) is 6.54 Å². The second-order valence-electron chi connectivity index (χ2n) is 3.66. The molecule has 0 aliphatic heterocycles. The van der Waals surface area contributed by atoms with E-state index in [1.165, 1.54) is 0 Å². The highest BCUT2D eigenvalue weighted by atomic mass is 79.9. The summed E-state index contributed by atoms with van der Waals surface area (Å²) in [6, 6.07) is 7.35. The number of hydrogen-bond acceptors (Lipinski definition) is 2. The summed E-state index contributed by atoms with van der Waals surface area (Å²) in [5.41, 5.74) is 6.74.